The molecule has 0 fully saturated rings. The maximum absolute atomic E-state index is 12.0. The summed E-state index contributed by atoms with van der Waals surface area (Å²) >= 11 is 3.44. The molecule has 4 nitrogen and oxygen atoms in total. The number of ether oxygens (including phenoxy) is 1. The van der Waals surface area contributed by atoms with Crippen molar-refractivity contribution in [3.8, 4) is 11.3 Å². The van der Waals surface area contributed by atoms with E-state index in [2.05, 4.69) is 21.0 Å². The molecule has 0 radical (unpaired) electrons. The van der Waals surface area contributed by atoms with E-state index in [0.717, 1.165) is 21.3 Å². The number of aromatic nitrogens is 2. The van der Waals surface area contributed by atoms with E-state index in [-0.39, 0.29) is 0 Å². The van der Waals surface area contributed by atoms with Crippen molar-refractivity contribution in [2.75, 3.05) is 6.61 Å². The van der Waals surface area contributed by atoms with Crippen LogP contribution in [-0.2, 0) is 11.3 Å². The second kappa shape index (κ2) is 7.45. The van der Waals surface area contributed by atoms with E-state index < -0.39 is 5.97 Å². The van der Waals surface area contributed by atoms with Crippen LogP contribution in [0.1, 0.15) is 23.0 Å². The molecule has 0 amide bonds. The van der Waals surface area contributed by atoms with Crippen LogP contribution in [0.4, 0.5) is 0 Å². The minimum Gasteiger partial charge on any atom is -0.461 e. The molecule has 24 heavy (non-hydrogen) atoms. The topological polar surface area (TPSA) is 44.1 Å². The standard InChI is InChI=1S/C19H17BrN2O2/c1-2-24-19(23)17-12-18(15-8-10-16(20)11-9-15)22(21-17)13-14-6-4-3-5-7-14/h3-12H,2,13H2,1H3. The van der Waals surface area contributed by atoms with Crippen LogP contribution in [0.3, 0.4) is 0 Å². The van der Waals surface area contributed by atoms with Gasteiger partial charge in [0.15, 0.2) is 5.69 Å². The molecule has 0 unspecified atom stereocenters. The molecule has 0 saturated carbocycles. The van der Waals surface area contributed by atoms with Gasteiger partial charge in [0.2, 0.25) is 0 Å². The zero-order chi connectivity index (χ0) is 16.9. The van der Waals surface area contributed by atoms with Gasteiger partial charge in [-0.1, -0.05) is 58.4 Å². The van der Waals surface area contributed by atoms with E-state index in [9.17, 15) is 4.79 Å². The lowest BCUT2D eigenvalue weighted by molar-refractivity contribution is 0.0518. The summed E-state index contributed by atoms with van der Waals surface area (Å²) in [5.74, 6) is -0.400. The Morgan fingerprint density at radius 2 is 1.83 bits per heavy atom. The van der Waals surface area contributed by atoms with Gasteiger partial charge in [-0.05, 0) is 36.2 Å². The number of carbonyl (C=O) groups is 1. The molecule has 1 aromatic heterocycles. The number of halogens is 1. The van der Waals surface area contributed by atoms with Gasteiger partial charge in [-0.25, -0.2) is 4.79 Å². The average molecular weight is 385 g/mol. The fourth-order valence-corrected chi connectivity index (χ4v) is 2.72. The molecule has 0 aliphatic carbocycles. The third-order valence-electron chi connectivity index (χ3n) is 3.58. The molecular weight excluding hydrogens is 368 g/mol. The van der Waals surface area contributed by atoms with Gasteiger partial charge in [-0.2, -0.15) is 5.10 Å². The van der Waals surface area contributed by atoms with Crippen molar-refractivity contribution >= 4 is 21.9 Å². The molecule has 122 valence electrons. The van der Waals surface area contributed by atoms with Crippen LogP contribution in [0.5, 0.6) is 0 Å². The van der Waals surface area contributed by atoms with Crippen LogP contribution < -0.4 is 0 Å². The van der Waals surface area contributed by atoms with Crippen molar-refractivity contribution in [3.05, 3.63) is 76.4 Å². The van der Waals surface area contributed by atoms with Crippen molar-refractivity contribution in [2.45, 2.75) is 13.5 Å². The Kier molecular flexibility index (Phi) is 5.11. The van der Waals surface area contributed by atoms with E-state index >= 15 is 0 Å². The summed E-state index contributed by atoms with van der Waals surface area (Å²) < 4.78 is 7.92. The normalized spacial score (nSPS) is 10.6. The van der Waals surface area contributed by atoms with Crippen LogP contribution in [0.15, 0.2) is 65.1 Å². The Morgan fingerprint density at radius 3 is 2.50 bits per heavy atom. The maximum Gasteiger partial charge on any atom is 0.358 e. The minimum atomic E-state index is -0.400. The molecule has 0 saturated heterocycles. The molecule has 3 aromatic rings. The Morgan fingerprint density at radius 1 is 1.12 bits per heavy atom. The number of esters is 1. The van der Waals surface area contributed by atoms with Gasteiger partial charge < -0.3 is 4.74 Å². The summed E-state index contributed by atoms with van der Waals surface area (Å²) in [5, 5.41) is 4.45. The highest BCUT2D eigenvalue weighted by Crippen LogP contribution is 2.24. The first-order valence-electron chi connectivity index (χ1n) is 7.72. The quantitative estimate of drug-likeness (QED) is 0.606. The van der Waals surface area contributed by atoms with Crippen LogP contribution in [0.2, 0.25) is 0 Å². The van der Waals surface area contributed by atoms with E-state index in [1.54, 1.807) is 13.0 Å². The second-order valence-electron chi connectivity index (χ2n) is 5.29. The summed E-state index contributed by atoms with van der Waals surface area (Å²) in [6.07, 6.45) is 0. The van der Waals surface area contributed by atoms with Gasteiger partial charge in [-0.15, -0.1) is 0 Å². The van der Waals surface area contributed by atoms with Crippen LogP contribution in [0.25, 0.3) is 11.3 Å². The third kappa shape index (κ3) is 3.74. The highest BCUT2D eigenvalue weighted by molar-refractivity contribution is 9.10. The Bertz CT molecular complexity index is 826. The van der Waals surface area contributed by atoms with E-state index in [1.807, 2.05) is 59.3 Å². The number of hydrogen-bond donors (Lipinski definition) is 0. The zero-order valence-corrected chi connectivity index (χ0v) is 14.9. The molecule has 0 bridgehead atoms. The lowest BCUT2D eigenvalue weighted by Crippen LogP contribution is -2.08. The number of hydrogen-bond acceptors (Lipinski definition) is 3. The smallest absolute Gasteiger partial charge is 0.358 e. The number of rotatable bonds is 5. The molecule has 1 heterocycles. The van der Waals surface area contributed by atoms with Crippen molar-refractivity contribution in [2.24, 2.45) is 0 Å². The fraction of sp³-hybridized carbons (Fsp3) is 0.158. The number of carbonyl (C=O) groups excluding carboxylic acids is 1. The maximum atomic E-state index is 12.0. The van der Waals surface area contributed by atoms with E-state index in [1.165, 1.54) is 0 Å². The molecule has 0 spiro atoms. The van der Waals surface area contributed by atoms with Crippen molar-refractivity contribution in [3.63, 3.8) is 0 Å². The summed E-state index contributed by atoms with van der Waals surface area (Å²) in [6.45, 7) is 2.71. The van der Waals surface area contributed by atoms with Crippen molar-refractivity contribution in [1.82, 2.24) is 9.78 Å². The van der Waals surface area contributed by atoms with Gasteiger partial charge >= 0.3 is 5.97 Å². The number of benzene rings is 2. The molecule has 0 aliphatic rings. The molecular formula is C19H17BrN2O2. The lowest BCUT2D eigenvalue weighted by atomic mass is 10.1. The monoisotopic (exact) mass is 384 g/mol. The highest BCUT2D eigenvalue weighted by atomic mass is 79.9. The minimum absolute atomic E-state index is 0.325. The average Bonchev–Trinajstić information content (AvgIpc) is 3.01. The Balaban J connectivity index is 2.01. The first kappa shape index (κ1) is 16.5. The third-order valence-corrected chi connectivity index (χ3v) is 4.11. The van der Waals surface area contributed by atoms with Gasteiger partial charge in [-0.3, -0.25) is 4.68 Å². The predicted molar refractivity (Wildman–Crippen MR) is 96.9 cm³/mol. The second-order valence-corrected chi connectivity index (χ2v) is 6.20. The largest absolute Gasteiger partial charge is 0.461 e. The summed E-state index contributed by atoms with van der Waals surface area (Å²) in [5.41, 5.74) is 3.33. The van der Waals surface area contributed by atoms with E-state index in [4.69, 9.17) is 4.74 Å². The Hall–Kier alpha value is -2.40. The van der Waals surface area contributed by atoms with Crippen molar-refractivity contribution in [1.29, 1.82) is 0 Å². The van der Waals surface area contributed by atoms with Gasteiger partial charge in [0.05, 0.1) is 18.8 Å². The summed E-state index contributed by atoms with van der Waals surface area (Å²) in [4.78, 5) is 12.0. The molecule has 3 rings (SSSR count). The highest BCUT2D eigenvalue weighted by Gasteiger charge is 2.16. The van der Waals surface area contributed by atoms with E-state index in [0.29, 0.717) is 18.8 Å². The first-order valence-corrected chi connectivity index (χ1v) is 8.51. The fourth-order valence-electron chi connectivity index (χ4n) is 2.45. The summed E-state index contributed by atoms with van der Waals surface area (Å²) in [7, 11) is 0. The van der Waals surface area contributed by atoms with Crippen molar-refractivity contribution < 1.29 is 9.53 Å². The SMILES string of the molecule is CCOC(=O)c1cc(-c2ccc(Br)cc2)n(Cc2ccccc2)n1. The first-order chi connectivity index (χ1) is 11.7. The number of nitrogens with zero attached hydrogens (tertiary/aromatic N) is 2. The van der Waals surface area contributed by atoms with Crippen LogP contribution >= 0.6 is 15.9 Å². The molecule has 2 aromatic carbocycles. The summed E-state index contributed by atoms with van der Waals surface area (Å²) in [6, 6.07) is 19.8. The molecule has 5 heteroatoms. The van der Waals surface area contributed by atoms with Gasteiger partial charge in [0, 0.05) is 4.47 Å². The zero-order valence-electron chi connectivity index (χ0n) is 13.3. The molecule has 0 N–H and O–H groups in total. The van der Waals surface area contributed by atoms with Gasteiger partial charge in [0.1, 0.15) is 0 Å². The molecule has 0 aliphatic heterocycles. The van der Waals surface area contributed by atoms with Gasteiger partial charge in [0.25, 0.3) is 0 Å². The Labute approximate surface area is 149 Å². The lowest BCUT2D eigenvalue weighted by Gasteiger charge is -2.08. The predicted octanol–water partition coefficient (Wildman–Crippen LogP) is 4.54. The van der Waals surface area contributed by atoms with Crippen LogP contribution in [-0.4, -0.2) is 22.4 Å². The van der Waals surface area contributed by atoms with Crippen LogP contribution in [0, 0.1) is 0 Å². The molecule has 0 atom stereocenters.